The number of piperazine rings is 1. The first-order chi connectivity index (χ1) is 9.78. The van der Waals surface area contributed by atoms with Crippen LogP contribution in [0.25, 0.3) is 0 Å². The highest BCUT2D eigenvalue weighted by Gasteiger charge is 2.19. The monoisotopic (exact) mass is 299 g/mol. The zero-order valence-electron chi connectivity index (χ0n) is 12.1. The van der Waals surface area contributed by atoms with E-state index in [1.54, 1.807) is 20.4 Å². The van der Waals surface area contributed by atoms with Crippen LogP contribution in [0.5, 0.6) is 11.5 Å². The zero-order valence-corrected chi connectivity index (χ0v) is 12.9. The number of methoxy groups -OCH3 is 2. The molecule has 6 heteroatoms. The van der Waals surface area contributed by atoms with Gasteiger partial charge in [-0.25, -0.2) is 0 Å². The molecule has 1 saturated heterocycles. The molecule has 0 atom stereocenters. The van der Waals surface area contributed by atoms with Gasteiger partial charge in [0.1, 0.15) is 5.69 Å². The van der Waals surface area contributed by atoms with Gasteiger partial charge in [0.05, 0.1) is 14.2 Å². The van der Waals surface area contributed by atoms with Crippen LogP contribution in [0.15, 0.2) is 12.3 Å². The summed E-state index contributed by atoms with van der Waals surface area (Å²) < 4.78 is 10.7. The Hall–Kier alpha value is -1.04. The number of rotatable bonds is 6. The van der Waals surface area contributed by atoms with Crippen LogP contribution in [-0.2, 0) is 6.54 Å². The van der Waals surface area contributed by atoms with Crippen molar-refractivity contribution < 1.29 is 9.47 Å². The summed E-state index contributed by atoms with van der Waals surface area (Å²) in [7, 11) is 3.30. The van der Waals surface area contributed by atoms with E-state index in [4.69, 9.17) is 21.1 Å². The first kappa shape index (κ1) is 15.4. The van der Waals surface area contributed by atoms with E-state index < -0.39 is 0 Å². The lowest BCUT2D eigenvalue weighted by molar-refractivity contribution is 0.130. The summed E-state index contributed by atoms with van der Waals surface area (Å²) >= 11 is 5.78. The normalized spacial score (nSPS) is 17.1. The standard InChI is InChI=1S/C14H22ClN3O2/c1-19-13-3-5-16-12(14(13)20-2)11-18-9-7-17(6-4-15)8-10-18/h3,5H,4,6-11H2,1-2H3. The van der Waals surface area contributed by atoms with E-state index in [9.17, 15) is 0 Å². The van der Waals surface area contributed by atoms with Crippen molar-refractivity contribution in [3.63, 3.8) is 0 Å². The minimum atomic E-state index is 0.700. The summed E-state index contributed by atoms with van der Waals surface area (Å²) in [6.45, 7) is 5.92. The summed E-state index contributed by atoms with van der Waals surface area (Å²) in [5.41, 5.74) is 0.928. The molecule has 112 valence electrons. The van der Waals surface area contributed by atoms with Gasteiger partial charge in [0.2, 0.25) is 0 Å². The third-order valence-corrected chi connectivity index (χ3v) is 3.77. The van der Waals surface area contributed by atoms with Gasteiger partial charge in [-0.15, -0.1) is 11.6 Å². The third-order valence-electron chi connectivity index (χ3n) is 3.61. The third kappa shape index (κ3) is 3.75. The van der Waals surface area contributed by atoms with E-state index in [1.807, 2.05) is 6.07 Å². The van der Waals surface area contributed by atoms with Crippen molar-refractivity contribution in [2.24, 2.45) is 0 Å². The van der Waals surface area contributed by atoms with Crippen LogP contribution in [-0.4, -0.2) is 67.6 Å². The topological polar surface area (TPSA) is 37.8 Å². The van der Waals surface area contributed by atoms with Crippen LogP contribution in [0, 0.1) is 0 Å². The zero-order chi connectivity index (χ0) is 14.4. The molecule has 1 fully saturated rings. The fraction of sp³-hybridized carbons (Fsp3) is 0.643. The molecular formula is C14H22ClN3O2. The van der Waals surface area contributed by atoms with Crippen LogP contribution in [0.3, 0.4) is 0 Å². The van der Waals surface area contributed by atoms with E-state index in [0.717, 1.165) is 56.5 Å². The summed E-state index contributed by atoms with van der Waals surface area (Å²) in [6.07, 6.45) is 1.76. The van der Waals surface area contributed by atoms with Crippen molar-refractivity contribution in [1.82, 2.24) is 14.8 Å². The number of halogens is 1. The number of nitrogens with zero attached hydrogens (tertiary/aromatic N) is 3. The predicted octanol–water partition coefficient (Wildman–Crippen LogP) is 1.46. The van der Waals surface area contributed by atoms with Crippen molar-refractivity contribution in [1.29, 1.82) is 0 Å². The molecule has 5 nitrogen and oxygen atoms in total. The number of aromatic nitrogens is 1. The lowest BCUT2D eigenvalue weighted by Crippen LogP contribution is -2.46. The fourth-order valence-corrected chi connectivity index (χ4v) is 2.70. The Balaban J connectivity index is 1.97. The quantitative estimate of drug-likeness (QED) is 0.744. The van der Waals surface area contributed by atoms with Crippen molar-refractivity contribution in [2.45, 2.75) is 6.54 Å². The maximum absolute atomic E-state index is 5.78. The number of pyridine rings is 1. The van der Waals surface area contributed by atoms with E-state index in [-0.39, 0.29) is 0 Å². The first-order valence-electron chi connectivity index (χ1n) is 6.85. The highest BCUT2D eigenvalue weighted by atomic mass is 35.5. The molecular weight excluding hydrogens is 278 g/mol. The summed E-state index contributed by atoms with van der Waals surface area (Å²) in [4.78, 5) is 9.20. The molecule has 0 unspecified atom stereocenters. The van der Waals surface area contributed by atoms with Crippen molar-refractivity contribution in [2.75, 3.05) is 52.8 Å². The Kier molecular flexibility index (Phi) is 5.88. The average molecular weight is 300 g/mol. The molecule has 0 spiro atoms. The van der Waals surface area contributed by atoms with Gasteiger partial charge in [0, 0.05) is 57.4 Å². The van der Waals surface area contributed by atoms with Gasteiger partial charge >= 0.3 is 0 Å². The summed E-state index contributed by atoms with van der Waals surface area (Å²) in [6, 6.07) is 1.82. The highest BCUT2D eigenvalue weighted by Crippen LogP contribution is 2.29. The SMILES string of the molecule is COc1ccnc(CN2CCN(CCCl)CC2)c1OC. The van der Waals surface area contributed by atoms with Crippen molar-refractivity contribution >= 4 is 11.6 Å². The second-order valence-electron chi connectivity index (χ2n) is 4.80. The van der Waals surface area contributed by atoms with Gasteiger partial charge in [-0.3, -0.25) is 14.8 Å². The van der Waals surface area contributed by atoms with Crippen LogP contribution in [0.1, 0.15) is 5.69 Å². The number of alkyl halides is 1. The van der Waals surface area contributed by atoms with E-state index in [0.29, 0.717) is 5.88 Å². The molecule has 0 amide bonds. The van der Waals surface area contributed by atoms with Gasteiger partial charge in [-0.1, -0.05) is 0 Å². The van der Waals surface area contributed by atoms with E-state index >= 15 is 0 Å². The number of hydrogen-bond donors (Lipinski definition) is 0. The molecule has 0 aromatic carbocycles. The van der Waals surface area contributed by atoms with Gasteiger partial charge in [0.25, 0.3) is 0 Å². The Morgan fingerprint density at radius 2 is 1.85 bits per heavy atom. The Bertz CT molecular complexity index is 423. The molecule has 2 rings (SSSR count). The van der Waals surface area contributed by atoms with E-state index in [1.165, 1.54) is 0 Å². The summed E-state index contributed by atoms with van der Waals surface area (Å²) in [5.74, 6) is 2.17. The van der Waals surface area contributed by atoms with Gasteiger partial charge in [0.15, 0.2) is 11.5 Å². The predicted molar refractivity (Wildman–Crippen MR) is 79.8 cm³/mol. The van der Waals surface area contributed by atoms with Crippen LogP contribution < -0.4 is 9.47 Å². The Morgan fingerprint density at radius 1 is 1.15 bits per heavy atom. The summed E-state index contributed by atoms with van der Waals surface area (Å²) in [5, 5.41) is 0. The molecule has 2 heterocycles. The van der Waals surface area contributed by atoms with Crippen molar-refractivity contribution in [3.05, 3.63) is 18.0 Å². The molecule has 1 aliphatic rings. The Morgan fingerprint density at radius 3 is 2.45 bits per heavy atom. The van der Waals surface area contributed by atoms with Crippen LogP contribution in [0.2, 0.25) is 0 Å². The van der Waals surface area contributed by atoms with Crippen LogP contribution >= 0.6 is 11.6 Å². The first-order valence-corrected chi connectivity index (χ1v) is 7.38. The lowest BCUT2D eigenvalue weighted by atomic mass is 10.2. The maximum atomic E-state index is 5.78. The molecule has 1 aromatic rings. The maximum Gasteiger partial charge on any atom is 0.183 e. The van der Waals surface area contributed by atoms with Gasteiger partial charge in [-0.05, 0) is 0 Å². The second kappa shape index (κ2) is 7.67. The largest absolute Gasteiger partial charge is 0.493 e. The minimum absolute atomic E-state index is 0.700. The lowest BCUT2D eigenvalue weighted by Gasteiger charge is -2.34. The van der Waals surface area contributed by atoms with Gasteiger partial charge < -0.3 is 9.47 Å². The van der Waals surface area contributed by atoms with Gasteiger partial charge in [-0.2, -0.15) is 0 Å². The van der Waals surface area contributed by atoms with Crippen molar-refractivity contribution in [3.8, 4) is 11.5 Å². The fourth-order valence-electron chi connectivity index (χ4n) is 2.47. The van der Waals surface area contributed by atoms with Crippen LogP contribution in [0.4, 0.5) is 0 Å². The second-order valence-corrected chi connectivity index (χ2v) is 5.18. The Labute approximate surface area is 125 Å². The van der Waals surface area contributed by atoms with E-state index in [2.05, 4.69) is 14.8 Å². The minimum Gasteiger partial charge on any atom is -0.493 e. The molecule has 1 aromatic heterocycles. The molecule has 0 bridgehead atoms. The number of hydrogen-bond acceptors (Lipinski definition) is 5. The average Bonchev–Trinajstić information content (AvgIpc) is 2.49. The smallest absolute Gasteiger partial charge is 0.183 e. The molecule has 0 N–H and O–H groups in total. The molecule has 20 heavy (non-hydrogen) atoms. The molecule has 0 aliphatic carbocycles. The molecule has 0 saturated carbocycles. The highest BCUT2D eigenvalue weighted by molar-refractivity contribution is 6.18. The number of ether oxygens (including phenoxy) is 2. The molecule has 1 aliphatic heterocycles. The molecule has 0 radical (unpaired) electrons.